The zero-order valence-corrected chi connectivity index (χ0v) is 13.0. The molecule has 2 aromatic rings. The molecule has 2 N–H and O–H groups in total. The van der Waals surface area contributed by atoms with Gasteiger partial charge in [-0.05, 0) is 43.9 Å². The zero-order chi connectivity index (χ0) is 14.5. The molecule has 4 heteroatoms. The lowest BCUT2D eigenvalue weighted by Gasteiger charge is -2.15. The molecular weight excluding hydrogens is 268 g/mol. The number of benzene rings is 1. The third-order valence-electron chi connectivity index (χ3n) is 3.14. The number of hydrogen-bond acceptors (Lipinski definition) is 4. The summed E-state index contributed by atoms with van der Waals surface area (Å²) in [6.45, 7) is 4.53. The van der Waals surface area contributed by atoms with Crippen LogP contribution in [0.5, 0.6) is 11.5 Å². The Morgan fingerprint density at radius 2 is 2.00 bits per heavy atom. The molecule has 1 aromatic carbocycles. The lowest BCUT2D eigenvalue weighted by molar-refractivity contribution is 0.465. The van der Waals surface area contributed by atoms with Crippen LogP contribution in [0.25, 0.3) is 0 Å². The van der Waals surface area contributed by atoms with Crippen molar-refractivity contribution in [2.24, 2.45) is 5.73 Å². The van der Waals surface area contributed by atoms with Crippen molar-refractivity contribution in [3.05, 3.63) is 47.3 Å². The van der Waals surface area contributed by atoms with E-state index in [1.807, 2.05) is 37.4 Å². The van der Waals surface area contributed by atoms with Gasteiger partial charge in [-0.2, -0.15) is 0 Å². The summed E-state index contributed by atoms with van der Waals surface area (Å²) in [6.07, 6.45) is 2.89. The third kappa shape index (κ3) is 3.14. The van der Waals surface area contributed by atoms with E-state index >= 15 is 0 Å². The van der Waals surface area contributed by atoms with Crippen LogP contribution in [0, 0.1) is 6.92 Å². The lowest BCUT2D eigenvalue weighted by atomic mass is 10.2. The molecule has 2 rings (SSSR count). The van der Waals surface area contributed by atoms with E-state index in [1.54, 1.807) is 11.8 Å². The molecule has 1 aromatic heterocycles. The molecule has 0 atom stereocenters. The Balaban J connectivity index is 2.39. The fraction of sp³-hybridized carbons (Fsp3) is 0.312. The van der Waals surface area contributed by atoms with Crippen molar-refractivity contribution in [3.63, 3.8) is 0 Å². The van der Waals surface area contributed by atoms with Gasteiger partial charge in [-0.1, -0.05) is 13.0 Å². The van der Waals surface area contributed by atoms with Crippen LogP contribution in [-0.4, -0.2) is 11.2 Å². The monoisotopic (exact) mass is 288 g/mol. The van der Waals surface area contributed by atoms with Gasteiger partial charge in [0.05, 0.1) is 5.69 Å². The molecule has 0 fully saturated rings. The summed E-state index contributed by atoms with van der Waals surface area (Å²) < 4.78 is 6.06. The standard InChI is InChI=1S/C16H20N2OS/c1-4-13-15(9-8-11(2)18-13)19-14-6-5-7-16(20-3)12(14)10-17/h5-9H,4,10,17H2,1-3H3. The smallest absolute Gasteiger partial charge is 0.148 e. The largest absolute Gasteiger partial charge is 0.455 e. The van der Waals surface area contributed by atoms with Crippen LogP contribution >= 0.6 is 11.8 Å². The molecule has 0 spiro atoms. The first-order chi connectivity index (χ1) is 9.69. The van der Waals surface area contributed by atoms with Crippen LogP contribution < -0.4 is 10.5 Å². The number of nitrogens with zero attached hydrogens (tertiary/aromatic N) is 1. The van der Waals surface area contributed by atoms with Gasteiger partial charge in [0.2, 0.25) is 0 Å². The Hall–Kier alpha value is -1.52. The van der Waals surface area contributed by atoms with Gasteiger partial charge in [-0.3, -0.25) is 4.98 Å². The summed E-state index contributed by atoms with van der Waals surface area (Å²) in [5.74, 6) is 1.63. The van der Waals surface area contributed by atoms with Crippen LogP contribution in [0.4, 0.5) is 0 Å². The van der Waals surface area contributed by atoms with Gasteiger partial charge in [0.15, 0.2) is 0 Å². The fourth-order valence-electron chi connectivity index (χ4n) is 2.10. The molecule has 1 heterocycles. The van der Waals surface area contributed by atoms with Crippen molar-refractivity contribution in [3.8, 4) is 11.5 Å². The minimum Gasteiger partial charge on any atom is -0.455 e. The molecule has 3 nitrogen and oxygen atoms in total. The van der Waals surface area contributed by atoms with Gasteiger partial charge in [0.1, 0.15) is 11.5 Å². The third-order valence-corrected chi connectivity index (χ3v) is 3.96. The quantitative estimate of drug-likeness (QED) is 0.847. The van der Waals surface area contributed by atoms with Gasteiger partial charge in [0.25, 0.3) is 0 Å². The van der Waals surface area contributed by atoms with Gasteiger partial charge in [0, 0.05) is 22.7 Å². The van der Waals surface area contributed by atoms with E-state index in [2.05, 4.69) is 18.0 Å². The molecule has 0 saturated carbocycles. The first-order valence-electron chi connectivity index (χ1n) is 6.69. The molecule has 106 valence electrons. The fourth-order valence-corrected chi connectivity index (χ4v) is 2.74. The first-order valence-corrected chi connectivity index (χ1v) is 7.92. The van der Waals surface area contributed by atoms with E-state index in [9.17, 15) is 0 Å². The molecule has 0 amide bonds. The summed E-state index contributed by atoms with van der Waals surface area (Å²) >= 11 is 1.68. The van der Waals surface area contributed by atoms with Gasteiger partial charge < -0.3 is 10.5 Å². The highest BCUT2D eigenvalue weighted by Gasteiger charge is 2.11. The van der Waals surface area contributed by atoms with E-state index in [0.29, 0.717) is 6.54 Å². The summed E-state index contributed by atoms with van der Waals surface area (Å²) in [5.41, 5.74) is 8.89. The normalized spacial score (nSPS) is 10.6. The van der Waals surface area contributed by atoms with E-state index in [1.165, 1.54) is 0 Å². The molecule has 0 radical (unpaired) electrons. The molecule has 0 aliphatic rings. The van der Waals surface area contributed by atoms with Crippen molar-refractivity contribution in [1.82, 2.24) is 4.98 Å². The summed E-state index contributed by atoms with van der Waals surface area (Å²) in [7, 11) is 0. The predicted octanol–water partition coefficient (Wildman–Crippen LogP) is 3.93. The zero-order valence-electron chi connectivity index (χ0n) is 12.1. The summed E-state index contributed by atoms with van der Waals surface area (Å²) in [6, 6.07) is 9.96. The Morgan fingerprint density at radius 1 is 1.20 bits per heavy atom. The molecular formula is C16H20N2OS. The second-order valence-corrected chi connectivity index (χ2v) is 5.34. The van der Waals surface area contributed by atoms with Crippen LogP contribution in [0.15, 0.2) is 35.2 Å². The Kier molecular flexibility index (Phi) is 5.04. The van der Waals surface area contributed by atoms with E-state index in [-0.39, 0.29) is 0 Å². The first kappa shape index (κ1) is 14.9. The maximum atomic E-state index is 6.06. The number of aryl methyl sites for hydroxylation is 2. The Morgan fingerprint density at radius 3 is 2.65 bits per heavy atom. The van der Waals surface area contributed by atoms with Crippen molar-refractivity contribution in [2.75, 3.05) is 6.26 Å². The maximum absolute atomic E-state index is 6.06. The van der Waals surface area contributed by atoms with E-state index < -0.39 is 0 Å². The Labute approximate surface area is 124 Å². The van der Waals surface area contributed by atoms with E-state index in [0.717, 1.165) is 39.8 Å². The Bertz CT molecular complexity index is 599. The molecule has 20 heavy (non-hydrogen) atoms. The van der Waals surface area contributed by atoms with Gasteiger partial charge >= 0.3 is 0 Å². The molecule has 0 saturated heterocycles. The number of rotatable bonds is 5. The minimum atomic E-state index is 0.465. The van der Waals surface area contributed by atoms with Crippen LogP contribution in [-0.2, 0) is 13.0 Å². The van der Waals surface area contributed by atoms with E-state index in [4.69, 9.17) is 10.5 Å². The molecule has 0 aliphatic heterocycles. The van der Waals surface area contributed by atoms with Crippen molar-refractivity contribution >= 4 is 11.8 Å². The van der Waals surface area contributed by atoms with Crippen molar-refractivity contribution < 1.29 is 4.74 Å². The van der Waals surface area contributed by atoms with Crippen LogP contribution in [0.2, 0.25) is 0 Å². The average Bonchev–Trinajstić information content (AvgIpc) is 2.48. The van der Waals surface area contributed by atoms with Crippen molar-refractivity contribution in [2.45, 2.75) is 31.7 Å². The highest BCUT2D eigenvalue weighted by molar-refractivity contribution is 7.98. The molecule has 0 bridgehead atoms. The summed E-state index contributed by atoms with van der Waals surface area (Å²) in [4.78, 5) is 5.68. The number of ether oxygens (including phenoxy) is 1. The SMILES string of the molecule is CCc1nc(C)ccc1Oc1cccc(SC)c1CN. The predicted molar refractivity (Wildman–Crippen MR) is 84.5 cm³/mol. The van der Waals surface area contributed by atoms with Crippen LogP contribution in [0.1, 0.15) is 23.9 Å². The lowest BCUT2D eigenvalue weighted by Crippen LogP contribution is -2.03. The number of nitrogens with two attached hydrogens (primary N) is 1. The summed E-state index contributed by atoms with van der Waals surface area (Å²) in [5, 5.41) is 0. The minimum absolute atomic E-state index is 0.465. The molecule has 0 unspecified atom stereocenters. The van der Waals surface area contributed by atoms with Gasteiger partial charge in [-0.25, -0.2) is 0 Å². The topological polar surface area (TPSA) is 48.1 Å². The average molecular weight is 288 g/mol. The highest BCUT2D eigenvalue weighted by atomic mass is 32.2. The maximum Gasteiger partial charge on any atom is 0.148 e. The number of hydrogen-bond donors (Lipinski definition) is 1. The molecule has 0 aliphatic carbocycles. The second-order valence-electron chi connectivity index (χ2n) is 4.49. The highest BCUT2D eigenvalue weighted by Crippen LogP contribution is 2.32. The van der Waals surface area contributed by atoms with Crippen LogP contribution in [0.3, 0.4) is 0 Å². The number of aromatic nitrogens is 1. The van der Waals surface area contributed by atoms with Crippen molar-refractivity contribution in [1.29, 1.82) is 0 Å². The number of thioether (sulfide) groups is 1. The second kappa shape index (κ2) is 6.77. The van der Waals surface area contributed by atoms with Gasteiger partial charge in [-0.15, -0.1) is 11.8 Å². The number of pyridine rings is 1.